The molecule has 3 nitrogen and oxygen atoms in total. The van der Waals surface area contributed by atoms with E-state index in [2.05, 4.69) is 0 Å². The summed E-state index contributed by atoms with van der Waals surface area (Å²) in [7, 11) is -2.57. The molecule has 0 N–H and O–H groups in total. The third-order valence-corrected chi connectivity index (χ3v) is 6.76. The Balaban J connectivity index is 3.19. The van der Waals surface area contributed by atoms with E-state index in [4.69, 9.17) is 4.74 Å². The molecule has 1 atom stereocenters. The first-order valence-corrected chi connectivity index (χ1v) is 8.53. The SMILES string of the molecule is CCOC(=O)C(c1ccccc1)P(=O)(CC)CC. The van der Waals surface area contributed by atoms with Crippen molar-refractivity contribution in [3.05, 3.63) is 35.9 Å². The fourth-order valence-electron chi connectivity index (χ4n) is 2.05. The Morgan fingerprint density at radius 2 is 1.72 bits per heavy atom. The molecule has 1 unspecified atom stereocenters. The van der Waals surface area contributed by atoms with Crippen LogP contribution < -0.4 is 0 Å². The molecule has 0 aliphatic heterocycles. The van der Waals surface area contributed by atoms with Crippen LogP contribution in [0.3, 0.4) is 0 Å². The van der Waals surface area contributed by atoms with Crippen LogP contribution in [0.25, 0.3) is 0 Å². The molecule has 4 heteroatoms. The summed E-state index contributed by atoms with van der Waals surface area (Å²) in [6.45, 7) is 5.83. The van der Waals surface area contributed by atoms with Crippen molar-refractivity contribution in [1.29, 1.82) is 0 Å². The minimum Gasteiger partial charge on any atom is -0.465 e. The summed E-state index contributed by atoms with van der Waals surface area (Å²) in [5.74, 6) is -0.365. The molecule has 0 heterocycles. The highest BCUT2D eigenvalue weighted by atomic mass is 31.2. The second-order valence-electron chi connectivity index (χ2n) is 4.15. The van der Waals surface area contributed by atoms with Gasteiger partial charge in [0.25, 0.3) is 0 Å². The van der Waals surface area contributed by atoms with Crippen molar-refractivity contribution in [3.63, 3.8) is 0 Å². The number of ether oxygens (including phenoxy) is 1. The average molecular weight is 268 g/mol. The predicted molar refractivity (Wildman–Crippen MR) is 74.5 cm³/mol. The number of esters is 1. The van der Waals surface area contributed by atoms with Gasteiger partial charge < -0.3 is 9.30 Å². The smallest absolute Gasteiger partial charge is 0.320 e. The summed E-state index contributed by atoms with van der Waals surface area (Å²) in [5.41, 5.74) is 0.177. The van der Waals surface area contributed by atoms with Crippen molar-refractivity contribution < 1.29 is 14.1 Å². The topological polar surface area (TPSA) is 43.4 Å². The number of hydrogen-bond acceptors (Lipinski definition) is 3. The molecule has 1 aromatic carbocycles. The first-order chi connectivity index (χ1) is 8.59. The van der Waals surface area contributed by atoms with Crippen LogP contribution in [0, 0.1) is 0 Å². The Bertz CT molecular complexity index is 420. The lowest BCUT2D eigenvalue weighted by molar-refractivity contribution is -0.142. The van der Waals surface area contributed by atoms with Gasteiger partial charge in [-0.05, 0) is 24.8 Å². The lowest BCUT2D eigenvalue weighted by Gasteiger charge is -2.24. The number of carbonyl (C=O) groups is 1. The van der Waals surface area contributed by atoms with E-state index in [1.807, 2.05) is 44.2 Å². The van der Waals surface area contributed by atoms with Gasteiger partial charge in [0.15, 0.2) is 0 Å². The van der Waals surface area contributed by atoms with Crippen LogP contribution in [0.15, 0.2) is 30.3 Å². The quantitative estimate of drug-likeness (QED) is 0.583. The van der Waals surface area contributed by atoms with Crippen molar-refractivity contribution in [2.45, 2.75) is 26.4 Å². The van der Waals surface area contributed by atoms with Gasteiger partial charge in [-0.1, -0.05) is 44.2 Å². The van der Waals surface area contributed by atoms with Gasteiger partial charge in [0.2, 0.25) is 0 Å². The van der Waals surface area contributed by atoms with E-state index in [9.17, 15) is 9.36 Å². The fourth-order valence-corrected chi connectivity index (χ4v) is 4.40. The number of benzene rings is 1. The summed E-state index contributed by atoms with van der Waals surface area (Å²) in [4.78, 5) is 12.1. The molecule has 0 amide bonds. The van der Waals surface area contributed by atoms with Gasteiger partial charge in [-0.15, -0.1) is 0 Å². The van der Waals surface area contributed by atoms with Gasteiger partial charge >= 0.3 is 5.97 Å². The van der Waals surface area contributed by atoms with Gasteiger partial charge in [0.1, 0.15) is 12.8 Å². The fraction of sp³-hybridized carbons (Fsp3) is 0.500. The monoisotopic (exact) mass is 268 g/mol. The van der Waals surface area contributed by atoms with Crippen LogP contribution >= 0.6 is 7.14 Å². The molecule has 0 aliphatic carbocycles. The normalized spacial score (nSPS) is 13.1. The first kappa shape index (κ1) is 15.0. The molecule has 0 aliphatic rings. The molecular formula is C14H21O3P. The Morgan fingerprint density at radius 3 is 2.17 bits per heavy atom. The number of rotatable bonds is 6. The summed E-state index contributed by atoms with van der Waals surface area (Å²) in [6.07, 6.45) is 1.03. The molecule has 0 saturated carbocycles. The standard InChI is InChI=1S/C14H21O3P/c1-4-17-14(15)13(18(16,5-2)6-3)12-10-8-7-9-11-12/h7-11,13H,4-6H2,1-3H3. The minimum absolute atomic E-state index is 0.315. The van der Waals surface area contributed by atoms with Crippen LogP contribution in [-0.2, 0) is 14.1 Å². The molecule has 18 heavy (non-hydrogen) atoms. The van der Waals surface area contributed by atoms with E-state index in [1.165, 1.54) is 0 Å². The highest BCUT2D eigenvalue weighted by Crippen LogP contribution is 2.58. The first-order valence-electron chi connectivity index (χ1n) is 6.38. The maximum absolute atomic E-state index is 12.9. The van der Waals surface area contributed by atoms with Crippen LogP contribution in [0.5, 0.6) is 0 Å². The molecule has 0 aromatic heterocycles. The lowest BCUT2D eigenvalue weighted by atomic mass is 10.1. The van der Waals surface area contributed by atoms with E-state index in [1.54, 1.807) is 6.92 Å². The Morgan fingerprint density at radius 1 is 1.17 bits per heavy atom. The second-order valence-corrected chi connectivity index (χ2v) is 7.84. The van der Waals surface area contributed by atoms with E-state index in [0.29, 0.717) is 18.9 Å². The lowest BCUT2D eigenvalue weighted by Crippen LogP contribution is -2.18. The minimum atomic E-state index is -2.57. The Kier molecular flexibility index (Phi) is 5.61. The molecule has 1 rings (SSSR count). The zero-order valence-corrected chi connectivity index (χ0v) is 12.2. The van der Waals surface area contributed by atoms with Crippen LogP contribution in [-0.4, -0.2) is 24.9 Å². The number of carbonyl (C=O) groups excluding carboxylic acids is 1. The van der Waals surface area contributed by atoms with Crippen molar-refractivity contribution >= 4 is 13.1 Å². The van der Waals surface area contributed by atoms with Crippen LogP contribution in [0.1, 0.15) is 32.0 Å². The molecule has 0 spiro atoms. The third kappa shape index (κ3) is 3.23. The van der Waals surface area contributed by atoms with Gasteiger partial charge in [0.05, 0.1) is 6.61 Å². The largest absolute Gasteiger partial charge is 0.465 e. The van der Waals surface area contributed by atoms with Gasteiger partial charge in [-0.2, -0.15) is 0 Å². The van der Waals surface area contributed by atoms with E-state index in [-0.39, 0.29) is 5.97 Å². The second kappa shape index (κ2) is 6.75. The Hall–Kier alpha value is -1.08. The van der Waals surface area contributed by atoms with Crippen LogP contribution in [0.2, 0.25) is 0 Å². The van der Waals surface area contributed by atoms with E-state index in [0.717, 1.165) is 5.56 Å². The summed E-state index contributed by atoms with van der Waals surface area (Å²) in [5, 5.41) is 0. The molecule has 0 fully saturated rings. The van der Waals surface area contributed by atoms with Gasteiger partial charge in [-0.25, -0.2) is 0 Å². The van der Waals surface area contributed by atoms with E-state index >= 15 is 0 Å². The summed E-state index contributed by atoms with van der Waals surface area (Å²) < 4.78 is 18.0. The molecule has 0 radical (unpaired) electrons. The molecule has 1 aromatic rings. The van der Waals surface area contributed by atoms with E-state index < -0.39 is 12.8 Å². The maximum Gasteiger partial charge on any atom is 0.320 e. The summed E-state index contributed by atoms with van der Waals surface area (Å²) in [6, 6.07) is 9.29. The van der Waals surface area contributed by atoms with Crippen molar-refractivity contribution in [1.82, 2.24) is 0 Å². The Labute approximate surface area is 109 Å². The van der Waals surface area contributed by atoms with Gasteiger partial charge in [-0.3, -0.25) is 4.79 Å². The maximum atomic E-state index is 12.9. The molecule has 0 saturated heterocycles. The number of hydrogen-bond donors (Lipinski definition) is 0. The highest BCUT2D eigenvalue weighted by molar-refractivity contribution is 7.65. The zero-order chi connectivity index (χ0) is 13.6. The third-order valence-electron chi connectivity index (χ3n) is 3.17. The molecular weight excluding hydrogens is 247 g/mol. The van der Waals surface area contributed by atoms with Gasteiger partial charge in [0, 0.05) is 0 Å². The molecule has 100 valence electrons. The van der Waals surface area contributed by atoms with Crippen molar-refractivity contribution in [2.75, 3.05) is 18.9 Å². The average Bonchev–Trinajstić information content (AvgIpc) is 2.40. The molecule has 0 bridgehead atoms. The van der Waals surface area contributed by atoms with Crippen molar-refractivity contribution in [3.8, 4) is 0 Å². The zero-order valence-electron chi connectivity index (χ0n) is 11.3. The van der Waals surface area contributed by atoms with Crippen LogP contribution in [0.4, 0.5) is 0 Å². The highest BCUT2D eigenvalue weighted by Gasteiger charge is 2.37. The van der Waals surface area contributed by atoms with Crippen molar-refractivity contribution in [2.24, 2.45) is 0 Å². The summed E-state index contributed by atoms with van der Waals surface area (Å²) >= 11 is 0. The predicted octanol–water partition coefficient (Wildman–Crippen LogP) is 3.69.